The molecule has 1 aromatic heterocycles. The van der Waals surface area contributed by atoms with Crippen molar-refractivity contribution in [1.82, 2.24) is 9.55 Å². The third-order valence-electron chi connectivity index (χ3n) is 5.94. The summed E-state index contributed by atoms with van der Waals surface area (Å²) in [5, 5.41) is 11.0. The number of unbranched alkanes of at least 4 members (excludes halogenated alkanes) is 1. The Morgan fingerprint density at radius 1 is 1.15 bits per heavy atom. The lowest BCUT2D eigenvalue weighted by molar-refractivity contribution is 0.394. The first-order valence-corrected chi connectivity index (χ1v) is 12.3. The Kier molecular flexibility index (Phi) is 6.88. The summed E-state index contributed by atoms with van der Waals surface area (Å²) in [7, 11) is 0. The molecule has 2 heterocycles. The van der Waals surface area contributed by atoms with Crippen LogP contribution in [-0.2, 0) is 6.54 Å². The molecule has 0 saturated heterocycles. The van der Waals surface area contributed by atoms with E-state index in [-0.39, 0.29) is 16.7 Å². The van der Waals surface area contributed by atoms with Crippen LogP contribution >= 0.6 is 11.8 Å². The molecule has 3 aromatic rings. The van der Waals surface area contributed by atoms with Crippen LogP contribution in [-0.4, -0.2) is 20.4 Å². The van der Waals surface area contributed by atoms with E-state index < -0.39 is 11.2 Å². The number of hydrogen-bond donors (Lipinski definition) is 2. The number of nitrogens with zero attached hydrogens (tertiary/aromatic N) is 2. The highest BCUT2D eigenvalue weighted by atomic mass is 32.2. The standard InChI is InChI=1S/C26H29N3O3S/c1-4-5-14-29-25(31)23(24(30)28-26(29)32)20-15-22(18-12-10-17(11-13-18)16(2)3)33-21-9-7-6-8-19(21)27-20/h6-13,16,22,31H,4-5,14-15H2,1-3H3,(H,28,30,32). The first-order valence-electron chi connectivity index (χ1n) is 11.4. The third-order valence-corrected chi connectivity index (χ3v) is 7.26. The number of benzene rings is 2. The maximum absolute atomic E-state index is 12.9. The first kappa shape index (κ1) is 23.1. The molecule has 0 fully saturated rings. The summed E-state index contributed by atoms with van der Waals surface area (Å²) in [6.45, 7) is 6.68. The van der Waals surface area contributed by atoms with Crippen molar-refractivity contribution in [2.45, 2.75) is 62.6 Å². The van der Waals surface area contributed by atoms with Crippen molar-refractivity contribution in [2.75, 3.05) is 0 Å². The largest absolute Gasteiger partial charge is 0.494 e. The highest BCUT2D eigenvalue weighted by Crippen LogP contribution is 2.45. The fourth-order valence-corrected chi connectivity index (χ4v) is 5.23. The normalized spacial score (nSPS) is 15.8. The fourth-order valence-electron chi connectivity index (χ4n) is 3.99. The molecule has 0 saturated carbocycles. The van der Waals surface area contributed by atoms with Gasteiger partial charge in [-0.05, 0) is 35.6 Å². The molecule has 7 heteroatoms. The van der Waals surface area contributed by atoms with Crippen LogP contribution in [0.25, 0.3) is 0 Å². The summed E-state index contributed by atoms with van der Waals surface area (Å²) in [6.07, 6.45) is 2.03. The van der Waals surface area contributed by atoms with Crippen LogP contribution < -0.4 is 11.2 Å². The average Bonchev–Trinajstić information content (AvgIpc) is 2.98. The zero-order valence-corrected chi connectivity index (χ0v) is 20.0. The van der Waals surface area contributed by atoms with Crippen molar-refractivity contribution in [1.29, 1.82) is 0 Å². The molecule has 0 bridgehead atoms. The Morgan fingerprint density at radius 3 is 2.58 bits per heavy atom. The van der Waals surface area contributed by atoms with Gasteiger partial charge < -0.3 is 5.11 Å². The van der Waals surface area contributed by atoms with Gasteiger partial charge in [0.1, 0.15) is 5.56 Å². The lowest BCUT2D eigenvalue weighted by atomic mass is 9.98. The van der Waals surface area contributed by atoms with Gasteiger partial charge >= 0.3 is 5.69 Å². The van der Waals surface area contributed by atoms with Crippen LogP contribution in [0, 0.1) is 0 Å². The van der Waals surface area contributed by atoms with Crippen LogP contribution in [0.15, 0.2) is 68.0 Å². The SMILES string of the molecule is CCCCn1c(O)c(C2=Nc3ccccc3SC(c3ccc(C(C)C)cc3)C2)c(=O)[nH]c1=O. The van der Waals surface area contributed by atoms with Gasteiger partial charge in [0.2, 0.25) is 5.88 Å². The number of hydrogen-bond acceptors (Lipinski definition) is 5. The van der Waals surface area contributed by atoms with Gasteiger partial charge in [-0.25, -0.2) is 4.79 Å². The monoisotopic (exact) mass is 463 g/mol. The van der Waals surface area contributed by atoms with Gasteiger partial charge in [-0.3, -0.25) is 19.3 Å². The predicted molar refractivity (Wildman–Crippen MR) is 134 cm³/mol. The van der Waals surface area contributed by atoms with Gasteiger partial charge in [0.25, 0.3) is 5.56 Å². The number of aromatic hydroxyl groups is 1. The summed E-state index contributed by atoms with van der Waals surface area (Å²) in [5.74, 6) is 0.132. The second kappa shape index (κ2) is 9.83. The van der Waals surface area contributed by atoms with E-state index in [1.54, 1.807) is 11.8 Å². The molecule has 1 aliphatic rings. The van der Waals surface area contributed by atoms with Gasteiger partial charge in [0.15, 0.2) is 0 Å². The topological polar surface area (TPSA) is 87.4 Å². The molecular formula is C26H29N3O3S. The van der Waals surface area contributed by atoms with Crippen molar-refractivity contribution in [3.63, 3.8) is 0 Å². The van der Waals surface area contributed by atoms with Gasteiger partial charge in [-0.2, -0.15) is 0 Å². The lowest BCUT2D eigenvalue weighted by Crippen LogP contribution is -2.34. The third kappa shape index (κ3) is 4.83. The van der Waals surface area contributed by atoms with E-state index in [9.17, 15) is 14.7 Å². The van der Waals surface area contributed by atoms with Gasteiger partial charge in [0.05, 0.1) is 11.4 Å². The fraction of sp³-hybridized carbons (Fsp3) is 0.346. The Balaban J connectivity index is 1.83. The smallest absolute Gasteiger partial charge is 0.331 e. The maximum Gasteiger partial charge on any atom is 0.331 e. The minimum Gasteiger partial charge on any atom is -0.494 e. The molecule has 0 spiro atoms. The van der Waals surface area contributed by atoms with Crippen molar-refractivity contribution in [3.05, 3.63) is 86.1 Å². The summed E-state index contributed by atoms with van der Waals surface area (Å²) in [4.78, 5) is 33.4. The summed E-state index contributed by atoms with van der Waals surface area (Å²) < 4.78 is 1.24. The maximum atomic E-state index is 12.9. The van der Waals surface area contributed by atoms with Crippen molar-refractivity contribution in [3.8, 4) is 5.88 Å². The summed E-state index contributed by atoms with van der Waals surface area (Å²) >= 11 is 1.70. The summed E-state index contributed by atoms with van der Waals surface area (Å²) in [6, 6.07) is 16.4. The molecule has 0 amide bonds. The Labute approximate surface area is 197 Å². The van der Waals surface area contributed by atoms with Crippen LogP contribution in [0.2, 0.25) is 0 Å². The number of para-hydroxylation sites is 1. The Hall–Kier alpha value is -3.06. The van der Waals surface area contributed by atoms with Gasteiger partial charge in [0, 0.05) is 23.1 Å². The highest BCUT2D eigenvalue weighted by Gasteiger charge is 2.27. The van der Waals surface area contributed by atoms with E-state index in [2.05, 4.69) is 43.1 Å². The number of fused-ring (bicyclic) bond motifs is 1. The molecule has 4 rings (SSSR count). The van der Waals surface area contributed by atoms with Crippen LogP contribution in [0.1, 0.15) is 67.9 Å². The molecule has 33 heavy (non-hydrogen) atoms. The zero-order valence-electron chi connectivity index (χ0n) is 19.2. The molecule has 172 valence electrons. The minimum absolute atomic E-state index is 0.00318. The minimum atomic E-state index is -0.609. The average molecular weight is 464 g/mol. The number of aromatic amines is 1. The molecule has 1 atom stereocenters. The van der Waals surface area contributed by atoms with E-state index in [1.807, 2.05) is 31.2 Å². The van der Waals surface area contributed by atoms with E-state index >= 15 is 0 Å². The quantitative estimate of drug-likeness (QED) is 0.504. The number of aliphatic imine (C=N–C) groups is 1. The van der Waals surface area contributed by atoms with Crippen molar-refractivity contribution >= 4 is 23.2 Å². The predicted octanol–water partition coefficient (Wildman–Crippen LogP) is 5.52. The van der Waals surface area contributed by atoms with E-state index in [1.165, 1.54) is 10.1 Å². The second-order valence-electron chi connectivity index (χ2n) is 8.62. The molecule has 1 aliphatic heterocycles. The zero-order chi connectivity index (χ0) is 23.5. The van der Waals surface area contributed by atoms with Gasteiger partial charge in [-0.15, -0.1) is 11.8 Å². The number of aromatic nitrogens is 2. The van der Waals surface area contributed by atoms with Crippen molar-refractivity contribution < 1.29 is 5.11 Å². The number of rotatable bonds is 6. The number of nitrogens with one attached hydrogen (secondary N) is 1. The second-order valence-corrected chi connectivity index (χ2v) is 9.87. The Bertz CT molecular complexity index is 1290. The van der Waals surface area contributed by atoms with E-state index in [0.29, 0.717) is 24.6 Å². The highest BCUT2D eigenvalue weighted by molar-refractivity contribution is 7.99. The lowest BCUT2D eigenvalue weighted by Gasteiger charge is -2.18. The summed E-state index contributed by atoms with van der Waals surface area (Å²) in [5.41, 5.74) is 2.50. The molecule has 1 unspecified atom stereocenters. The van der Waals surface area contributed by atoms with Crippen LogP contribution in [0.3, 0.4) is 0 Å². The molecule has 0 aliphatic carbocycles. The first-order chi connectivity index (χ1) is 15.9. The van der Waals surface area contributed by atoms with Gasteiger partial charge in [-0.1, -0.05) is 63.6 Å². The Morgan fingerprint density at radius 2 is 1.88 bits per heavy atom. The molecule has 2 aromatic carbocycles. The van der Waals surface area contributed by atoms with Crippen molar-refractivity contribution in [2.24, 2.45) is 4.99 Å². The molecular weight excluding hydrogens is 434 g/mol. The molecule has 6 nitrogen and oxygen atoms in total. The van der Waals surface area contributed by atoms with Crippen LogP contribution in [0.4, 0.5) is 5.69 Å². The molecule has 0 radical (unpaired) electrons. The number of thioether (sulfide) groups is 1. The van der Waals surface area contributed by atoms with E-state index in [4.69, 9.17) is 4.99 Å². The van der Waals surface area contributed by atoms with Crippen LogP contribution in [0.5, 0.6) is 5.88 Å². The molecule has 2 N–H and O–H groups in total. The number of H-pyrrole nitrogens is 1. The van der Waals surface area contributed by atoms with E-state index in [0.717, 1.165) is 29.0 Å².